The molecule has 1 aromatic rings. The SMILES string of the molecule is Cc1nn(C)c(C)c1/C=C/C(=O)NCCCC(C)O. The van der Waals surface area contributed by atoms with Gasteiger partial charge in [-0.2, -0.15) is 5.10 Å². The van der Waals surface area contributed by atoms with E-state index in [4.69, 9.17) is 5.11 Å². The van der Waals surface area contributed by atoms with Crippen molar-refractivity contribution in [3.63, 3.8) is 0 Å². The summed E-state index contributed by atoms with van der Waals surface area (Å²) in [5.41, 5.74) is 2.94. The molecule has 0 saturated carbocycles. The van der Waals surface area contributed by atoms with Crippen molar-refractivity contribution in [2.24, 2.45) is 7.05 Å². The van der Waals surface area contributed by atoms with Gasteiger partial charge < -0.3 is 10.4 Å². The monoisotopic (exact) mass is 265 g/mol. The molecule has 1 unspecified atom stereocenters. The Morgan fingerprint density at radius 3 is 2.74 bits per heavy atom. The molecular weight excluding hydrogens is 242 g/mol. The summed E-state index contributed by atoms with van der Waals surface area (Å²) in [6.45, 7) is 6.22. The maximum absolute atomic E-state index is 11.6. The first kappa shape index (κ1) is 15.4. The Hall–Kier alpha value is -1.62. The van der Waals surface area contributed by atoms with Gasteiger partial charge in [0.05, 0.1) is 11.8 Å². The molecule has 5 heteroatoms. The highest BCUT2D eigenvalue weighted by Crippen LogP contribution is 2.13. The number of carbonyl (C=O) groups is 1. The predicted molar refractivity (Wildman–Crippen MR) is 75.6 cm³/mol. The van der Waals surface area contributed by atoms with Gasteiger partial charge in [-0.3, -0.25) is 9.48 Å². The Morgan fingerprint density at radius 2 is 2.21 bits per heavy atom. The van der Waals surface area contributed by atoms with E-state index in [-0.39, 0.29) is 12.0 Å². The zero-order chi connectivity index (χ0) is 14.4. The molecule has 1 atom stereocenters. The molecule has 0 radical (unpaired) electrons. The molecule has 0 bridgehead atoms. The smallest absolute Gasteiger partial charge is 0.244 e. The molecule has 0 spiro atoms. The molecule has 1 amide bonds. The average molecular weight is 265 g/mol. The minimum Gasteiger partial charge on any atom is -0.393 e. The summed E-state index contributed by atoms with van der Waals surface area (Å²) < 4.78 is 1.80. The second kappa shape index (κ2) is 7.09. The van der Waals surface area contributed by atoms with E-state index in [9.17, 15) is 4.79 Å². The molecule has 0 aliphatic carbocycles. The number of aromatic nitrogens is 2. The van der Waals surface area contributed by atoms with Gasteiger partial charge in [-0.1, -0.05) is 0 Å². The van der Waals surface area contributed by atoms with Gasteiger partial charge in [-0.15, -0.1) is 0 Å². The second-order valence-electron chi connectivity index (χ2n) is 4.82. The highest BCUT2D eigenvalue weighted by Gasteiger charge is 2.06. The van der Waals surface area contributed by atoms with Crippen LogP contribution in [0.5, 0.6) is 0 Å². The number of amides is 1. The lowest BCUT2D eigenvalue weighted by atomic mass is 10.2. The Morgan fingerprint density at radius 1 is 1.53 bits per heavy atom. The van der Waals surface area contributed by atoms with Crippen LogP contribution in [0.3, 0.4) is 0 Å². The summed E-state index contributed by atoms with van der Waals surface area (Å²) in [5, 5.41) is 16.2. The summed E-state index contributed by atoms with van der Waals surface area (Å²) in [4.78, 5) is 11.6. The fourth-order valence-electron chi connectivity index (χ4n) is 1.86. The van der Waals surface area contributed by atoms with E-state index in [1.807, 2.05) is 20.9 Å². The third kappa shape index (κ3) is 4.87. The van der Waals surface area contributed by atoms with Crippen LogP contribution in [-0.4, -0.2) is 33.4 Å². The Balaban J connectivity index is 2.45. The lowest BCUT2D eigenvalue weighted by molar-refractivity contribution is -0.116. The van der Waals surface area contributed by atoms with Gasteiger partial charge in [0.2, 0.25) is 5.91 Å². The first-order valence-electron chi connectivity index (χ1n) is 6.56. The van der Waals surface area contributed by atoms with Crippen LogP contribution in [0.25, 0.3) is 6.08 Å². The lowest BCUT2D eigenvalue weighted by Gasteiger charge is -2.04. The number of rotatable bonds is 6. The number of hydrogen-bond acceptors (Lipinski definition) is 3. The van der Waals surface area contributed by atoms with Crippen LogP contribution in [0.1, 0.15) is 36.7 Å². The quantitative estimate of drug-likeness (QED) is 0.602. The molecule has 1 heterocycles. The van der Waals surface area contributed by atoms with Gasteiger partial charge in [-0.25, -0.2) is 0 Å². The minimum absolute atomic E-state index is 0.117. The van der Waals surface area contributed by atoms with E-state index in [0.717, 1.165) is 23.4 Å². The van der Waals surface area contributed by atoms with Crippen molar-refractivity contribution in [2.75, 3.05) is 6.54 Å². The Bertz CT molecular complexity index is 462. The van der Waals surface area contributed by atoms with Crippen LogP contribution in [0.2, 0.25) is 0 Å². The fraction of sp³-hybridized carbons (Fsp3) is 0.571. The van der Waals surface area contributed by atoms with Crippen molar-refractivity contribution in [1.82, 2.24) is 15.1 Å². The Labute approximate surface area is 114 Å². The first-order chi connectivity index (χ1) is 8.91. The van der Waals surface area contributed by atoms with Crippen LogP contribution in [0, 0.1) is 13.8 Å². The summed E-state index contributed by atoms with van der Waals surface area (Å²) >= 11 is 0. The van der Waals surface area contributed by atoms with E-state index >= 15 is 0 Å². The normalized spacial score (nSPS) is 12.9. The van der Waals surface area contributed by atoms with Crippen molar-refractivity contribution in [1.29, 1.82) is 0 Å². The predicted octanol–water partition coefficient (Wildman–Crippen LogP) is 1.33. The van der Waals surface area contributed by atoms with Crippen molar-refractivity contribution in [2.45, 2.75) is 39.7 Å². The first-order valence-corrected chi connectivity index (χ1v) is 6.56. The van der Waals surface area contributed by atoms with Gasteiger partial charge in [0.25, 0.3) is 0 Å². The van der Waals surface area contributed by atoms with Gasteiger partial charge in [0.1, 0.15) is 0 Å². The molecular formula is C14H23N3O2. The topological polar surface area (TPSA) is 67.2 Å². The average Bonchev–Trinajstić information content (AvgIpc) is 2.57. The summed E-state index contributed by atoms with van der Waals surface area (Å²) in [5.74, 6) is -0.117. The van der Waals surface area contributed by atoms with Crippen molar-refractivity contribution >= 4 is 12.0 Å². The third-order valence-electron chi connectivity index (χ3n) is 3.06. The van der Waals surface area contributed by atoms with Crippen LogP contribution in [-0.2, 0) is 11.8 Å². The van der Waals surface area contributed by atoms with E-state index in [2.05, 4.69) is 10.4 Å². The highest BCUT2D eigenvalue weighted by atomic mass is 16.3. The standard InChI is InChI=1S/C14H23N3O2/c1-10(18)6-5-9-15-14(19)8-7-13-11(2)16-17(4)12(13)3/h7-8,10,18H,5-6,9H2,1-4H3,(H,15,19)/b8-7+. The molecule has 0 aromatic carbocycles. The van der Waals surface area contributed by atoms with Gasteiger partial charge in [-0.05, 0) is 39.7 Å². The van der Waals surface area contributed by atoms with E-state index in [0.29, 0.717) is 13.0 Å². The van der Waals surface area contributed by atoms with E-state index in [1.165, 1.54) is 6.08 Å². The number of hydrogen-bond donors (Lipinski definition) is 2. The van der Waals surface area contributed by atoms with Crippen molar-refractivity contribution < 1.29 is 9.90 Å². The molecule has 19 heavy (non-hydrogen) atoms. The molecule has 5 nitrogen and oxygen atoms in total. The molecule has 2 N–H and O–H groups in total. The fourth-order valence-corrected chi connectivity index (χ4v) is 1.86. The summed E-state index contributed by atoms with van der Waals surface area (Å²) in [6.07, 6.45) is 4.49. The van der Waals surface area contributed by atoms with Gasteiger partial charge in [0, 0.05) is 30.9 Å². The van der Waals surface area contributed by atoms with Crippen molar-refractivity contribution in [3.8, 4) is 0 Å². The molecule has 106 valence electrons. The maximum atomic E-state index is 11.6. The number of carbonyl (C=O) groups excluding carboxylic acids is 1. The molecule has 0 aliphatic heterocycles. The van der Waals surface area contributed by atoms with Crippen molar-refractivity contribution in [3.05, 3.63) is 23.0 Å². The lowest BCUT2D eigenvalue weighted by Crippen LogP contribution is -2.22. The zero-order valence-corrected chi connectivity index (χ0v) is 12.1. The molecule has 0 fully saturated rings. The zero-order valence-electron chi connectivity index (χ0n) is 12.1. The van der Waals surface area contributed by atoms with Crippen LogP contribution in [0.4, 0.5) is 0 Å². The molecule has 0 aliphatic rings. The number of aliphatic hydroxyl groups is 1. The van der Waals surface area contributed by atoms with Crippen LogP contribution in [0.15, 0.2) is 6.08 Å². The number of nitrogens with one attached hydrogen (secondary N) is 1. The highest BCUT2D eigenvalue weighted by molar-refractivity contribution is 5.91. The number of nitrogens with zero attached hydrogens (tertiary/aromatic N) is 2. The summed E-state index contributed by atoms with van der Waals surface area (Å²) in [7, 11) is 1.88. The van der Waals surface area contributed by atoms with E-state index < -0.39 is 0 Å². The molecule has 1 aromatic heterocycles. The number of aryl methyl sites for hydroxylation is 2. The van der Waals surface area contributed by atoms with Crippen LogP contribution < -0.4 is 5.32 Å². The van der Waals surface area contributed by atoms with Gasteiger partial charge >= 0.3 is 0 Å². The van der Waals surface area contributed by atoms with Crippen LogP contribution >= 0.6 is 0 Å². The largest absolute Gasteiger partial charge is 0.393 e. The van der Waals surface area contributed by atoms with Gasteiger partial charge in [0.15, 0.2) is 0 Å². The Kier molecular flexibility index (Phi) is 5.76. The minimum atomic E-state index is -0.312. The second-order valence-corrected chi connectivity index (χ2v) is 4.82. The summed E-state index contributed by atoms with van der Waals surface area (Å²) in [6, 6.07) is 0. The molecule has 0 saturated heterocycles. The molecule has 1 rings (SSSR count). The maximum Gasteiger partial charge on any atom is 0.244 e. The van der Waals surface area contributed by atoms with E-state index in [1.54, 1.807) is 17.7 Å². The third-order valence-corrected chi connectivity index (χ3v) is 3.06. The number of aliphatic hydroxyl groups excluding tert-OH is 1.